The Hall–Kier alpha value is -1.31. The highest BCUT2D eigenvalue weighted by Gasteiger charge is 2.17. The van der Waals surface area contributed by atoms with Crippen LogP contribution in [0.3, 0.4) is 0 Å². The molecule has 7 nitrogen and oxygen atoms in total. The molecule has 7 heteroatoms. The minimum atomic E-state index is -0.937. The van der Waals surface area contributed by atoms with Crippen molar-refractivity contribution in [3.63, 3.8) is 0 Å². The van der Waals surface area contributed by atoms with Crippen LogP contribution in [-0.4, -0.2) is 77.9 Å². The highest BCUT2D eigenvalue weighted by molar-refractivity contribution is 5.72. The van der Waals surface area contributed by atoms with Crippen LogP contribution in [0.25, 0.3) is 0 Å². The minimum Gasteiger partial charge on any atom is -0.480 e. The van der Waals surface area contributed by atoms with Crippen molar-refractivity contribution >= 4 is 5.97 Å². The zero-order valence-electron chi connectivity index (χ0n) is 12.6. The Morgan fingerprint density at radius 2 is 1.95 bits per heavy atom. The minimum absolute atomic E-state index is 0.206. The molecule has 0 unspecified atom stereocenters. The maximum absolute atomic E-state index is 10.6. The molecule has 0 amide bonds. The van der Waals surface area contributed by atoms with Crippen LogP contribution in [-0.2, 0) is 4.79 Å². The maximum Gasteiger partial charge on any atom is 0.320 e. The summed E-state index contributed by atoms with van der Waals surface area (Å²) in [6.45, 7) is 9.46. The van der Waals surface area contributed by atoms with E-state index in [0.717, 1.165) is 57.9 Å². The Bertz CT molecular complexity index is 330. The molecule has 1 heterocycles. The third kappa shape index (κ3) is 6.79. The number of β-amino-alcohol motifs (C(OH)–C–C–N with tert-alkyl or cyclic N) is 1. The molecule has 1 fully saturated rings. The van der Waals surface area contributed by atoms with E-state index >= 15 is 0 Å². The summed E-state index contributed by atoms with van der Waals surface area (Å²) in [5.41, 5.74) is 5.44. The molecule has 0 bridgehead atoms. The van der Waals surface area contributed by atoms with Gasteiger partial charge in [0.15, 0.2) is 0 Å². The van der Waals surface area contributed by atoms with E-state index in [1.54, 1.807) is 0 Å². The van der Waals surface area contributed by atoms with Crippen molar-refractivity contribution in [2.75, 3.05) is 45.9 Å². The Morgan fingerprint density at radius 1 is 1.29 bits per heavy atom. The van der Waals surface area contributed by atoms with Gasteiger partial charge in [-0.2, -0.15) is 0 Å². The molecule has 122 valence electrons. The SMILES string of the molecule is C=C(NCCCC[C@H](N)C(=O)O)N1CCN(CCO)CC1. The number of nitrogens with two attached hydrogens (primary N) is 1. The lowest BCUT2D eigenvalue weighted by Crippen LogP contribution is -2.48. The molecule has 1 rings (SSSR count). The molecule has 0 radical (unpaired) electrons. The van der Waals surface area contributed by atoms with Crippen LogP contribution in [0.15, 0.2) is 12.4 Å². The van der Waals surface area contributed by atoms with Gasteiger partial charge in [0.2, 0.25) is 0 Å². The lowest BCUT2D eigenvalue weighted by Gasteiger charge is -2.36. The van der Waals surface area contributed by atoms with Crippen LogP contribution in [0.5, 0.6) is 0 Å². The molecule has 0 aromatic carbocycles. The second kappa shape index (κ2) is 9.59. The van der Waals surface area contributed by atoms with Crippen LogP contribution in [0.4, 0.5) is 0 Å². The summed E-state index contributed by atoms with van der Waals surface area (Å²) in [6, 6.07) is -0.757. The summed E-state index contributed by atoms with van der Waals surface area (Å²) in [6.07, 6.45) is 2.17. The van der Waals surface area contributed by atoms with E-state index in [9.17, 15) is 4.79 Å². The van der Waals surface area contributed by atoms with E-state index in [4.69, 9.17) is 15.9 Å². The molecular formula is C14H28N4O3. The third-order valence-corrected chi connectivity index (χ3v) is 3.76. The van der Waals surface area contributed by atoms with E-state index in [1.807, 2.05) is 0 Å². The molecule has 0 aromatic heterocycles. The number of piperazine rings is 1. The van der Waals surface area contributed by atoms with E-state index in [0.29, 0.717) is 6.42 Å². The molecule has 0 saturated carbocycles. The topological polar surface area (TPSA) is 102 Å². The summed E-state index contributed by atoms with van der Waals surface area (Å²) in [5.74, 6) is -0.0192. The molecular weight excluding hydrogens is 272 g/mol. The molecule has 0 aliphatic carbocycles. The smallest absolute Gasteiger partial charge is 0.320 e. The Morgan fingerprint density at radius 3 is 2.52 bits per heavy atom. The van der Waals surface area contributed by atoms with Crippen molar-refractivity contribution < 1.29 is 15.0 Å². The first-order valence-electron chi connectivity index (χ1n) is 7.54. The zero-order chi connectivity index (χ0) is 15.7. The van der Waals surface area contributed by atoms with Crippen molar-refractivity contribution in [1.29, 1.82) is 0 Å². The highest BCUT2D eigenvalue weighted by Crippen LogP contribution is 2.06. The van der Waals surface area contributed by atoms with Crippen molar-refractivity contribution in [3.8, 4) is 0 Å². The summed E-state index contributed by atoms with van der Waals surface area (Å²) < 4.78 is 0. The van der Waals surface area contributed by atoms with Crippen LogP contribution in [0.2, 0.25) is 0 Å². The first-order chi connectivity index (χ1) is 10.0. The molecule has 1 saturated heterocycles. The van der Waals surface area contributed by atoms with Crippen LogP contribution >= 0.6 is 0 Å². The van der Waals surface area contributed by atoms with E-state index < -0.39 is 12.0 Å². The molecule has 21 heavy (non-hydrogen) atoms. The van der Waals surface area contributed by atoms with Crippen molar-refractivity contribution in [2.45, 2.75) is 25.3 Å². The number of carbonyl (C=O) groups is 1. The zero-order valence-corrected chi connectivity index (χ0v) is 12.6. The maximum atomic E-state index is 10.6. The molecule has 0 spiro atoms. The molecule has 1 aliphatic heterocycles. The number of nitrogens with one attached hydrogen (secondary N) is 1. The standard InChI is InChI=1S/C14H28N4O3/c1-12(16-5-3-2-4-13(15)14(20)21)18-8-6-17(7-9-18)10-11-19/h13,16,19H,1-11,15H2,(H,20,21)/t13-/m0/s1. The van der Waals surface area contributed by atoms with Gasteiger partial charge in [0.25, 0.3) is 0 Å². The van der Waals surface area contributed by atoms with E-state index in [2.05, 4.69) is 21.7 Å². The average Bonchev–Trinajstić information content (AvgIpc) is 2.47. The molecule has 1 atom stereocenters. The van der Waals surface area contributed by atoms with Gasteiger partial charge in [-0.1, -0.05) is 6.58 Å². The number of aliphatic carboxylic acids is 1. The monoisotopic (exact) mass is 300 g/mol. The highest BCUT2D eigenvalue weighted by atomic mass is 16.4. The summed E-state index contributed by atoms with van der Waals surface area (Å²) in [7, 11) is 0. The number of aliphatic hydroxyl groups excluding tert-OH is 1. The average molecular weight is 300 g/mol. The van der Waals surface area contributed by atoms with Gasteiger partial charge in [0.05, 0.1) is 12.4 Å². The number of unbranched alkanes of at least 4 members (excludes halogenated alkanes) is 1. The van der Waals surface area contributed by atoms with Gasteiger partial charge in [-0.3, -0.25) is 9.69 Å². The van der Waals surface area contributed by atoms with E-state index in [1.165, 1.54) is 0 Å². The predicted octanol–water partition coefficient (Wildman–Crippen LogP) is -0.761. The van der Waals surface area contributed by atoms with Crippen molar-refractivity contribution in [3.05, 3.63) is 12.4 Å². The molecule has 0 aromatic rings. The Kier molecular flexibility index (Phi) is 8.11. The lowest BCUT2D eigenvalue weighted by molar-refractivity contribution is -0.138. The number of nitrogens with zero attached hydrogens (tertiary/aromatic N) is 2. The fraction of sp³-hybridized carbons (Fsp3) is 0.786. The second-order valence-corrected chi connectivity index (χ2v) is 5.37. The normalized spacial score (nSPS) is 17.5. The van der Waals surface area contributed by atoms with Gasteiger partial charge in [-0.05, 0) is 19.3 Å². The molecule has 5 N–H and O–H groups in total. The number of hydrogen-bond acceptors (Lipinski definition) is 6. The predicted molar refractivity (Wildman–Crippen MR) is 81.7 cm³/mol. The van der Waals surface area contributed by atoms with Crippen molar-refractivity contribution in [1.82, 2.24) is 15.1 Å². The van der Waals surface area contributed by atoms with Crippen LogP contribution in [0.1, 0.15) is 19.3 Å². The van der Waals surface area contributed by atoms with Crippen LogP contribution in [0, 0.1) is 0 Å². The lowest BCUT2D eigenvalue weighted by atomic mass is 10.1. The van der Waals surface area contributed by atoms with Gasteiger partial charge in [-0.25, -0.2) is 0 Å². The van der Waals surface area contributed by atoms with Gasteiger partial charge in [-0.15, -0.1) is 0 Å². The fourth-order valence-corrected chi connectivity index (χ4v) is 2.34. The summed E-state index contributed by atoms with van der Waals surface area (Å²) in [5, 5.41) is 20.9. The number of carboxylic acid groups (broad SMARTS) is 1. The Balaban J connectivity index is 2.08. The number of hydrogen-bond donors (Lipinski definition) is 4. The van der Waals surface area contributed by atoms with Gasteiger partial charge in [0, 0.05) is 39.3 Å². The Labute approximate surface area is 126 Å². The quantitative estimate of drug-likeness (QED) is 0.393. The molecule has 1 aliphatic rings. The largest absolute Gasteiger partial charge is 0.480 e. The third-order valence-electron chi connectivity index (χ3n) is 3.76. The van der Waals surface area contributed by atoms with Crippen molar-refractivity contribution in [2.24, 2.45) is 5.73 Å². The van der Waals surface area contributed by atoms with E-state index in [-0.39, 0.29) is 6.61 Å². The number of rotatable bonds is 10. The number of carboxylic acids is 1. The van der Waals surface area contributed by atoms with Gasteiger partial charge >= 0.3 is 5.97 Å². The fourth-order valence-electron chi connectivity index (χ4n) is 2.34. The summed E-state index contributed by atoms with van der Waals surface area (Å²) >= 11 is 0. The second-order valence-electron chi connectivity index (χ2n) is 5.37. The number of aliphatic hydroxyl groups is 1. The van der Waals surface area contributed by atoms with Gasteiger partial charge < -0.3 is 26.2 Å². The van der Waals surface area contributed by atoms with Gasteiger partial charge in [0.1, 0.15) is 6.04 Å². The summed E-state index contributed by atoms with van der Waals surface area (Å²) in [4.78, 5) is 15.0. The first kappa shape index (κ1) is 17.7. The first-order valence-corrected chi connectivity index (χ1v) is 7.54. The van der Waals surface area contributed by atoms with Crippen LogP contribution < -0.4 is 11.1 Å².